The summed E-state index contributed by atoms with van der Waals surface area (Å²) in [6, 6.07) is 21.1. The van der Waals surface area contributed by atoms with Gasteiger partial charge in [0, 0.05) is 12.4 Å². The largest absolute Gasteiger partial charge is 0.305 e. The molecule has 2 rings (SSSR count). The first-order valence-electron chi connectivity index (χ1n) is 5.81. The van der Waals surface area contributed by atoms with Crippen LogP contribution >= 0.6 is 24.0 Å². The van der Waals surface area contributed by atoms with Crippen molar-refractivity contribution in [1.29, 1.82) is 0 Å². The molecule has 0 fully saturated rings. The summed E-state index contributed by atoms with van der Waals surface area (Å²) in [5.41, 5.74) is 2.53. The molecule has 2 aromatic carbocycles. The van der Waals surface area contributed by atoms with Gasteiger partial charge in [-0.05, 0) is 11.1 Å². The van der Waals surface area contributed by atoms with Crippen molar-refractivity contribution < 1.29 is 0 Å². The van der Waals surface area contributed by atoms with Gasteiger partial charge >= 0.3 is 0 Å². The third kappa shape index (κ3) is 4.02. The van der Waals surface area contributed by atoms with Crippen LogP contribution in [0.25, 0.3) is 0 Å². The summed E-state index contributed by atoms with van der Waals surface area (Å²) in [7, 11) is 0. The van der Waals surface area contributed by atoms with Gasteiger partial charge in [-0.3, -0.25) is 0 Å². The van der Waals surface area contributed by atoms with Crippen molar-refractivity contribution in [1.82, 2.24) is 5.32 Å². The Balaban J connectivity index is 0.00000162. The van der Waals surface area contributed by atoms with Crippen molar-refractivity contribution in [2.45, 2.75) is 6.04 Å². The Morgan fingerprint density at radius 1 is 0.833 bits per heavy atom. The minimum atomic E-state index is 0. The predicted molar refractivity (Wildman–Crippen MR) is 80.7 cm³/mol. The highest BCUT2D eigenvalue weighted by molar-refractivity contribution is 6.18. The van der Waals surface area contributed by atoms with Crippen molar-refractivity contribution in [3.63, 3.8) is 0 Å². The van der Waals surface area contributed by atoms with Gasteiger partial charge in [0.05, 0.1) is 6.04 Å². The summed E-state index contributed by atoms with van der Waals surface area (Å²) in [5, 5.41) is 3.47. The molecule has 0 bridgehead atoms. The van der Waals surface area contributed by atoms with Gasteiger partial charge in [0.15, 0.2) is 0 Å². The second-order valence-corrected chi connectivity index (χ2v) is 4.28. The van der Waals surface area contributed by atoms with Crippen LogP contribution in [-0.4, -0.2) is 12.4 Å². The van der Waals surface area contributed by atoms with E-state index in [2.05, 4.69) is 53.8 Å². The Morgan fingerprint density at radius 2 is 1.28 bits per heavy atom. The van der Waals surface area contributed by atoms with E-state index in [1.165, 1.54) is 11.1 Å². The molecule has 1 N–H and O–H groups in total. The number of alkyl halides is 1. The summed E-state index contributed by atoms with van der Waals surface area (Å²) < 4.78 is 0. The van der Waals surface area contributed by atoms with Gasteiger partial charge in [-0.1, -0.05) is 60.7 Å². The van der Waals surface area contributed by atoms with Crippen molar-refractivity contribution in [3.8, 4) is 0 Å². The van der Waals surface area contributed by atoms with Crippen molar-refractivity contribution in [3.05, 3.63) is 71.8 Å². The fourth-order valence-electron chi connectivity index (χ4n) is 1.92. The monoisotopic (exact) mass is 281 g/mol. The predicted octanol–water partition coefficient (Wildman–Crippen LogP) is 4.03. The van der Waals surface area contributed by atoms with E-state index in [1.807, 2.05) is 12.1 Å². The molecule has 18 heavy (non-hydrogen) atoms. The molecule has 3 heteroatoms. The van der Waals surface area contributed by atoms with Gasteiger partial charge in [-0.2, -0.15) is 0 Å². The van der Waals surface area contributed by atoms with Crippen LogP contribution < -0.4 is 5.32 Å². The number of nitrogens with one attached hydrogen (secondary N) is 1. The fourth-order valence-corrected chi connectivity index (χ4v) is 2.03. The molecule has 0 saturated heterocycles. The Hall–Kier alpha value is -1.02. The zero-order chi connectivity index (χ0) is 11.9. The minimum Gasteiger partial charge on any atom is -0.305 e. The number of benzene rings is 2. The lowest BCUT2D eigenvalue weighted by molar-refractivity contribution is 0.633. The number of hydrogen-bond donors (Lipinski definition) is 1. The van der Waals surface area contributed by atoms with Crippen LogP contribution in [0, 0.1) is 0 Å². The minimum absolute atomic E-state index is 0. The maximum atomic E-state index is 5.76. The lowest BCUT2D eigenvalue weighted by Gasteiger charge is -2.19. The van der Waals surface area contributed by atoms with E-state index in [0.717, 1.165) is 6.54 Å². The first kappa shape index (κ1) is 15.0. The molecule has 0 aliphatic rings. The van der Waals surface area contributed by atoms with Crippen molar-refractivity contribution >= 4 is 24.0 Å². The maximum absolute atomic E-state index is 5.76. The molecule has 0 amide bonds. The lowest BCUT2D eigenvalue weighted by atomic mass is 9.99. The van der Waals surface area contributed by atoms with Gasteiger partial charge < -0.3 is 5.32 Å². The highest BCUT2D eigenvalue weighted by atomic mass is 35.5. The second-order valence-electron chi connectivity index (χ2n) is 3.90. The van der Waals surface area contributed by atoms with Crippen LogP contribution in [0.3, 0.4) is 0 Å². The third-order valence-corrected chi connectivity index (χ3v) is 2.90. The first-order chi connectivity index (χ1) is 8.42. The molecular formula is C15H17Cl2N. The van der Waals surface area contributed by atoms with Crippen LogP contribution in [0.1, 0.15) is 17.2 Å². The van der Waals surface area contributed by atoms with Crippen LogP contribution in [0.2, 0.25) is 0 Å². The molecule has 0 aromatic heterocycles. The Kier molecular flexibility index (Phi) is 6.81. The number of rotatable bonds is 5. The maximum Gasteiger partial charge on any atom is 0.0577 e. The molecule has 0 atom stereocenters. The molecule has 0 aliphatic heterocycles. The van der Waals surface area contributed by atoms with E-state index in [-0.39, 0.29) is 18.4 Å². The Morgan fingerprint density at radius 3 is 1.67 bits per heavy atom. The third-order valence-electron chi connectivity index (χ3n) is 2.71. The summed E-state index contributed by atoms with van der Waals surface area (Å²) in [5.74, 6) is 0.621. The summed E-state index contributed by atoms with van der Waals surface area (Å²) in [6.07, 6.45) is 0. The molecular weight excluding hydrogens is 265 g/mol. The standard InChI is InChI=1S/C15H16ClN.ClH/c16-11-12-17-15(13-7-3-1-4-8-13)14-9-5-2-6-10-14;/h1-10,15,17H,11-12H2;1H. The fraction of sp³-hybridized carbons (Fsp3) is 0.200. The molecule has 0 aliphatic carbocycles. The number of halogens is 2. The molecule has 1 nitrogen and oxygen atoms in total. The molecule has 0 heterocycles. The highest BCUT2D eigenvalue weighted by Gasteiger charge is 2.11. The van der Waals surface area contributed by atoms with Gasteiger partial charge in [0.1, 0.15) is 0 Å². The summed E-state index contributed by atoms with van der Waals surface area (Å²) >= 11 is 5.76. The summed E-state index contributed by atoms with van der Waals surface area (Å²) in [6.45, 7) is 0.802. The second kappa shape index (κ2) is 8.15. The Labute approximate surface area is 120 Å². The zero-order valence-corrected chi connectivity index (χ0v) is 11.6. The van der Waals surface area contributed by atoms with Gasteiger partial charge in [-0.25, -0.2) is 0 Å². The van der Waals surface area contributed by atoms with Crippen LogP contribution in [-0.2, 0) is 0 Å². The number of hydrogen-bond acceptors (Lipinski definition) is 1. The van der Waals surface area contributed by atoms with Gasteiger partial charge in [-0.15, -0.1) is 24.0 Å². The van der Waals surface area contributed by atoms with Gasteiger partial charge in [0.2, 0.25) is 0 Å². The molecule has 0 spiro atoms. The van der Waals surface area contributed by atoms with Gasteiger partial charge in [0.25, 0.3) is 0 Å². The molecule has 2 aromatic rings. The van der Waals surface area contributed by atoms with Crippen LogP contribution in [0.4, 0.5) is 0 Å². The van der Waals surface area contributed by atoms with Crippen LogP contribution in [0.5, 0.6) is 0 Å². The highest BCUT2D eigenvalue weighted by Crippen LogP contribution is 2.21. The lowest BCUT2D eigenvalue weighted by Crippen LogP contribution is -2.24. The zero-order valence-electron chi connectivity index (χ0n) is 10.1. The summed E-state index contributed by atoms with van der Waals surface area (Å²) in [4.78, 5) is 0. The van der Waals surface area contributed by atoms with Crippen LogP contribution in [0.15, 0.2) is 60.7 Å². The average molecular weight is 282 g/mol. The molecule has 0 unspecified atom stereocenters. The molecule has 0 radical (unpaired) electrons. The van der Waals surface area contributed by atoms with E-state index in [0.29, 0.717) is 5.88 Å². The van der Waals surface area contributed by atoms with E-state index < -0.39 is 0 Å². The van der Waals surface area contributed by atoms with Crippen molar-refractivity contribution in [2.24, 2.45) is 0 Å². The normalized spacial score (nSPS) is 10.1. The average Bonchev–Trinajstić information content (AvgIpc) is 2.42. The topological polar surface area (TPSA) is 12.0 Å². The van der Waals surface area contributed by atoms with E-state index in [1.54, 1.807) is 0 Å². The van der Waals surface area contributed by atoms with E-state index in [9.17, 15) is 0 Å². The van der Waals surface area contributed by atoms with E-state index >= 15 is 0 Å². The van der Waals surface area contributed by atoms with E-state index in [4.69, 9.17) is 11.6 Å². The quantitative estimate of drug-likeness (QED) is 0.816. The first-order valence-corrected chi connectivity index (χ1v) is 6.34. The molecule has 0 saturated carbocycles. The smallest absolute Gasteiger partial charge is 0.0577 e. The Bertz CT molecular complexity index is 391. The van der Waals surface area contributed by atoms with Crippen molar-refractivity contribution in [2.75, 3.05) is 12.4 Å². The molecule has 96 valence electrons. The SMILES string of the molecule is Cl.ClCCNC(c1ccccc1)c1ccccc1.